The molecule has 0 spiro atoms. The fraction of sp³-hybridized carbons (Fsp3) is 0.0800. The summed E-state index contributed by atoms with van der Waals surface area (Å²) in [5, 5.41) is 10.8. The zero-order chi connectivity index (χ0) is 23.5. The molecule has 0 aliphatic rings. The minimum Gasteiger partial charge on any atom is -0.497 e. The van der Waals surface area contributed by atoms with Crippen molar-refractivity contribution in [2.75, 3.05) is 17.7 Å². The van der Waals surface area contributed by atoms with E-state index in [0.717, 1.165) is 16.9 Å². The molecule has 3 aromatic heterocycles. The van der Waals surface area contributed by atoms with Gasteiger partial charge >= 0.3 is 0 Å². The molecule has 5 aromatic rings. The van der Waals surface area contributed by atoms with Crippen LogP contribution in [0, 0.1) is 6.92 Å². The van der Waals surface area contributed by atoms with Crippen molar-refractivity contribution in [2.24, 2.45) is 0 Å². The number of fused-ring (bicyclic) bond motifs is 1. The summed E-state index contributed by atoms with van der Waals surface area (Å²) in [5.41, 5.74) is 3.60. The van der Waals surface area contributed by atoms with Crippen LogP contribution in [0.25, 0.3) is 17.2 Å². The van der Waals surface area contributed by atoms with Gasteiger partial charge in [0.25, 0.3) is 11.7 Å². The topological polar surface area (TPSA) is 106 Å². The quantitative estimate of drug-likeness (QED) is 0.391. The van der Waals surface area contributed by atoms with Crippen molar-refractivity contribution in [3.8, 4) is 17.1 Å². The van der Waals surface area contributed by atoms with Crippen molar-refractivity contribution in [2.45, 2.75) is 6.92 Å². The highest BCUT2D eigenvalue weighted by atomic mass is 16.5. The van der Waals surface area contributed by atoms with E-state index >= 15 is 0 Å². The van der Waals surface area contributed by atoms with Crippen molar-refractivity contribution in [3.05, 3.63) is 90.4 Å². The van der Waals surface area contributed by atoms with Crippen LogP contribution in [0.3, 0.4) is 0 Å². The summed E-state index contributed by atoms with van der Waals surface area (Å²) in [6, 6.07) is 20.0. The average Bonchev–Trinajstić information content (AvgIpc) is 3.29. The van der Waals surface area contributed by atoms with Crippen LogP contribution >= 0.6 is 0 Å². The van der Waals surface area contributed by atoms with Crippen molar-refractivity contribution in [1.82, 2.24) is 24.6 Å². The SMILES string of the molecule is COc1cccc(NC(=O)c2ccc(Nc3cc(C)nc4nc(-c5cccnc5)nn34)cc2)c1. The van der Waals surface area contributed by atoms with Crippen molar-refractivity contribution in [1.29, 1.82) is 0 Å². The maximum Gasteiger partial charge on any atom is 0.255 e. The molecule has 0 fully saturated rings. The second kappa shape index (κ2) is 8.99. The number of hydrogen-bond donors (Lipinski definition) is 2. The van der Waals surface area contributed by atoms with E-state index in [1.54, 1.807) is 42.2 Å². The Morgan fingerprint density at radius 1 is 0.971 bits per heavy atom. The Labute approximate surface area is 195 Å². The number of nitrogens with zero attached hydrogens (tertiary/aromatic N) is 5. The van der Waals surface area contributed by atoms with Gasteiger partial charge in [-0.15, -0.1) is 5.10 Å². The van der Waals surface area contributed by atoms with Gasteiger partial charge in [-0.2, -0.15) is 9.50 Å². The Kier molecular flexibility index (Phi) is 5.57. The minimum absolute atomic E-state index is 0.209. The van der Waals surface area contributed by atoms with Gasteiger partial charge in [0, 0.05) is 52.7 Å². The molecule has 0 radical (unpaired) electrons. The Bertz CT molecular complexity index is 1460. The lowest BCUT2D eigenvalue weighted by Gasteiger charge is -2.10. The third kappa shape index (κ3) is 4.40. The third-order valence-corrected chi connectivity index (χ3v) is 5.11. The number of pyridine rings is 1. The molecule has 0 aliphatic carbocycles. The number of benzene rings is 2. The number of anilines is 3. The predicted molar refractivity (Wildman–Crippen MR) is 129 cm³/mol. The van der Waals surface area contributed by atoms with Gasteiger partial charge in [-0.25, -0.2) is 4.98 Å². The molecule has 1 amide bonds. The number of aromatic nitrogens is 5. The average molecular weight is 451 g/mol. The molecule has 168 valence electrons. The molecule has 9 nitrogen and oxygen atoms in total. The van der Waals surface area contributed by atoms with Crippen LogP contribution < -0.4 is 15.4 Å². The first-order chi connectivity index (χ1) is 16.6. The number of carbonyl (C=O) groups excluding carboxylic acids is 1. The van der Waals surface area contributed by atoms with Crippen LogP contribution in [0.4, 0.5) is 17.2 Å². The summed E-state index contributed by atoms with van der Waals surface area (Å²) in [5.74, 6) is 2.20. The molecule has 2 aromatic carbocycles. The Morgan fingerprint density at radius 3 is 2.59 bits per heavy atom. The number of hydrogen-bond acceptors (Lipinski definition) is 7. The smallest absolute Gasteiger partial charge is 0.255 e. The summed E-state index contributed by atoms with van der Waals surface area (Å²) in [4.78, 5) is 25.8. The second-order valence-corrected chi connectivity index (χ2v) is 7.56. The maximum atomic E-state index is 12.6. The summed E-state index contributed by atoms with van der Waals surface area (Å²) in [7, 11) is 1.59. The number of amides is 1. The highest BCUT2D eigenvalue weighted by Gasteiger charge is 2.13. The van der Waals surface area contributed by atoms with Gasteiger partial charge in [-0.3, -0.25) is 9.78 Å². The molecule has 0 aliphatic heterocycles. The van der Waals surface area contributed by atoms with Crippen LogP contribution in [-0.2, 0) is 0 Å². The normalized spacial score (nSPS) is 10.8. The molecule has 0 bridgehead atoms. The number of ether oxygens (including phenoxy) is 1. The zero-order valence-corrected chi connectivity index (χ0v) is 18.6. The Hall–Kier alpha value is -4.79. The van der Waals surface area contributed by atoms with E-state index in [-0.39, 0.29) is 5.91 Å². The maximum absolute atomic E-state index is 12.6. The predicted octanol–water partition coefficient (Wildman–Crippen LogP) is 4.50. The van der Waals surface area contributed by atoms with Gasteiger partial charge in [0.1, 0.15) is 11.6 Å². The highest BCUT2D eigenvalue weighted by molar-refractivity contribution is 6.04. The van der Waals surface area contributed by atoms with Crippen molar-refractivity contribution >= 4 is 28.9 Å². The number of carbonyl (C=O) groups is 1. The lowest BCUT2D eigenvalue weighted by Crippen LogP contribution is -2.11. The lowest BCUT2D eigenvalue weighted by molar-refractivity contribution is 0.102. The first-order valence-corrected chi connectivity index (χ1v) is 10.6. The fourth-order valence-corrected chi connectivity index (χ4v) is 3.45. The van der Waals surface area contributed by atoms with E-state index in [2.05, 4.69) is 30.7 Å². The second-order valence-electron chi connectivity index (χ2n) is 7.56. The summed E-state index contributed by atoms with van der Waals surface area (Å²) in [6.45, 7) is 1.90. The van der Waals surface area contributed by atoms with E-state index in [4.69, 9.17) is 4.74 Å². The fourth-order valence-electron chi connectivity index (χ4n) is 3.45. The van der Waals surface area contributed by atoms with E-state index in [1.165, 1.54) is 0 Å². The monoisotopic (exact) mass is 451 g/mol. The van der Waals surface area contributed by atoms with Crippen molar-refractivity contribution < 1.29 is 9.53 Å². The standard InChI is InChI=1S/C25H21N7O2/c1-16-13-22(32-25(27-16)30-23(31-32)18-5-4-12-26-15-18)28-19-10-8-17(9-11-19)24(33)29-20-6-3-7-21(14-20)34-2/h3-15,28H,1-2H3,(H,29,33). The van der Waals surface area contributed by atoms with Crippen LogP contribution in [0.1, 0.15) is 16.1 Å². The Morgan fingerprint density at radius 2 is 1.82 bits per heavy atom. The molecule has 9 heteroatoms. The molecule has 34 heavy (non-hydrogen) atoms. The van der Waals surface area contributed by atoms with Gasteiger partial charge in [0.2, 0.25) is 0 Å². The molecule has 3 heterocycles. The van der Waals surface area contributed by atoms with E-state index in [1.807, 2.05) is 55.5 Å². The first kappa shape index (κ1) is 21.1. The van der Waals surface area contributed by atoms with Crippen LogP contribution in [0.2, 0.25) is 0 Å². The number of nitrogens with one attached hydrogen (secondary N) is 2. The number of methoxy groups -OCH3 is 1. The molecule has 5 rings (SSSR count). The number of rotatable bonds is 6. The van der Waals surface area contributed by atoms with Gasteiger partial charge < -0.3 is 15.4 Å². The largest absolute Gasteiger partial charge is 0.497 e. The van der Waals surface area contributed by atoms with Crippen LogP contribution in [0.5, 0.6) is 5.75 Å². The molecule has 0 atom stereocenters. The third-order valence-electron chi connectivity index (χ3n) is 5.11. The first-order valence-electron chi connectivity index (χ1n) is 10.6. The molecule has 0 saturated carbocycles. The molecular weight excluding hydrogens is 430 g/mol. The lowest BCUT2D eigenvalue weighted by atomic mass is 10.2. The highest BCUT2D eigenvalue weighted by Crippen LogP contribution is 2.22. The van der Waals surface area contributed by atoms with Gasteiger partial charge in [-0.05, 0) is 55.5 Å². The molecule has 2 N–H and O–H groups in total. The van der Waals surface area contributed by atoms with E-state index in [9.17, 15) is 4.79 Å². The van der Waals surface area contributed by atoms with E-state index in [0.29, 0.717) is 34.4 Å². The van der Waals surface area contributed by atoms with Crippen LogP contribution in [-0.4, -0.2) is 37.6 Å². The Balaban J connectivity index is 1.36. The summed E-state index contributed by atoms with van der Waals surface area (Å²) in [6.07, 6.45) is 3.42. The van der Waals surface area contributed by atoms with Crippen LogP contribution in [0.15, 0.2) is 79.1 Å². The van der Waals surface area contributed by atoms with Gasteiger partial charge in [0.05, 0.1) is 7.11 Å². The molecule has 0 unspecified atom stereocenters. The van der Waals surface area contributed by atoms with Gasteiger partial charge in [-0.1, -0.05) is 6.07 Å². The minimum atomic E-state index is -0.209. The summed E-state index contributed by atoms with van der Waals surface area (Å²) >= 11 is 0. The van der Waals surface area contributed by atoms with E-state index < -0.39 is 0 Å². The summed E-state index contributed by atoms with van der Waals surface area (Å²) < 4.78 is 6.85. The molecular formula is C25H21N7O2. The zero-order valence-electron chi connectivity index (χ0n) is 18.6. The van der Waals surface area contributed by atoms with Crippen molar-refractivity contribution in [3.63, 3.8) is 0 Å². The van der Waals surface area contributed by atoms with Gasteiger partial charge in [0.15, 0.2) is 5.82 Å². The molecule has 0 saturated heterocycles. The number of aryl methyl sites for hydroxylation is 1.